The Morgan fingerprint density at radius 2 is 2.04 bits per heavy atom. The summed E-state index contributed by atoms with van der Waals surface area (Å²) >= 11 is 1.35. The van der Waals surface area contributed by atoms with Crippen molar-refractivity contribution in [3.05, 3.63) is 82.0 Å². The maximum Gasteiger partial charge on any atom is 0.251 e. The van der Waals surface area contributed by atoms with E-state index in [4.69, 9.17) is 4.74 Å². The molecular weight excluding hydrogens is 381 g/mol. The maximum absolute atomic E-state index is 13.2. The normalized spacial score (nSPS) is 10.5. The molecule has 1 amide bonds. The lowest BCUT2D eigenvalue weighted by Gasteiger charge is -2.07. The fourth-order valence-electron chi connectivity index (χ4n) is 2.49. The summed E-state index contributed by atoms with van der Waals surface area (Å²) in [5.41, 5.74) is 1.37. The van der Waals surface area contributed by atoms with E-state index in [0.29, 0.717) is 22.3 Å². The number of aromatic nitrogens is 2. The summed E-state index contributed by atoms with van der Waals surface area (Å²) < 4.78 is 18.4. The molecule has 144 valence electrons. The Morgan fingerprint density at radius 3 is 2.82 bits per heavy atom. The Hall–Kier alpha value is -3.13. The van der Waals surface area contributed by atoms with Gasteiger partial charge in [0.1, 0.15) is 11.6 Å². The van der Waals surface area contributed by atoms with E-state index in [1.807, 2.05) is 24.3 Å². The van der Waals surface area contributed by atoms with Crippen molar-refractivity contribution in [3.63, 3.8) is 0 Å². The summed E-state index contributed by atoms with van der Waals surface area (Å²) in [6.45, 7) is 0. The molecule has 2 N–H and O–H groups in total. The average Bonchev–Trinajstić information content (AvgIpc) is 2.66. The first kappa shape index (κ1) is 19.6. The molecule has 1 heterocycles. The van der Waals surface area contributed by atoms with Crippen LogP contribution in [0.25, 0.3) is 0 Å². The van der Waals surface area contributed by atoms with Gasteiger partial charge >= 0.3 is 0 Å². The molecular formula is C20H18FN3O3S. The quantitative estimate of drug-likeness (QED) is 0.470. The van der Waals surface area contributed by atoms with Crippen LogP contribution in [0.5, 0.6) is 5.75 Å². The number of methoxy groups -OCH3 is 1. The van der Waals surface area contributed by atoms with Crippen molar-refractivity contribution in [1.82, 2.24) is 9.97 Å². The van der Waals surface area contributed by atoms with Crippen molar-refractivity contribution in [2.45, 2.75) is 17.3 Å². The molecule has 0 fully saturated rings. The summed E-state index contributed by atoms with van der Waals surface area (Å²) in [5, 5.41) is 3.01. The number of halogens is 1. The molecule has 6 nitrogen and oxygen atoms in total. The van der Waals surface area contributed by atoms with Gasteiger partial charge in [0.25, 0.3) is 5.56 Å². The predicted molar refractivity (Wildman–Crippen MR) is 106 cm³/mol. The van der Waals surface area contributed by atoms with E-state index >= 15 is 0 Å². The number of rotatable bonds is 7. The molecule has 8 heteroatoms. The zero-order chi connectivity index (χ0) is 19.9. The second-order valence-electron chi connectivity index (χ2n) is 5.92. The number of hydrogen-bond acceptors (Lipinski definition) is 5. The largest absolute Gasteiger partial charge is 0.497 e. The predicted octanol–water partition coefficient (Wildman–Crippen LogP) is 3.39. The minimum atomic E-state index is -0.441. The first-order valence-corrected chi connectivity index (χ1v) is 9.42. The third-order valence-corrected chi connectivity index (χ3v) is 4.68. The van der Waals surface area contributed by atoms with Crippen molar-refractivity contribution >= 4 is 23.4 Å². The molecule has 0 bridgehead atoms. The number of carbonyl (C=O) groups is 1. The summed E-state index contributed by atoms with van der Waals surface area (Å²) in [4.78, 5) is 31.0. The Labute approximate surface area is 165 Å². The fourth-order valence-corrected chi connectivity index (χ4v) is 3.33. The topological polar surface area (TPSA) is 84.1 Å². The van der Waals surface area contributed by atoms with Crippen molar-refractivity contribution in [2.75, 3.05) is 12.4 Å². The number of H-pyrrole nitrogens is 1. The van der Waals surface area contributed by atoms with E-state index in [0.717, 1.165) is 11.3 Å². The molecule has 0 unspecified atom stereocenters. The number of amides is 1. The van der Waals surface area contributed by atoms with Gasteiger partial charge in [-0.05, 0) is 35.9 Å². The molecule has 0 spiro atoms. The van der Waals surface area contributed by atoms with Gasteiger partial charge in [-0.25, -0.2) is 9.37 Å². The number of aromatic amines is 1. The molecule has 3 aromatic rings. The van der Waals surface area contributed by atoms with Gasteiger partial charge in [0.05, 0.1) is 19.2 Å². The van der Waals surface area contributed by atoms with Crippen molar-refractivity contribution in [3.8, 4) is 5.75 Å². The third kappa shape index (κ3) is 5.68. The van der Waals surface area contributed by atoms with Crippen LogP contribution < -0.4 is 15.6 Å². The minimum Gasteiger partial charge on any atom is -0.497 e. The highest BCUT2D eigenvalue weighted by molar-refractivity contribution is 7.98. The Balaban J connectivity index is 1.65. The third-order valence-electron chi connectivity index (χ3n) is 3.73. The Kier molecular flexibility index (Phi) is 6.44. The van der Waals surface area contributed by atoms with Crippen LogP contribution in [0, 0.1) is 5.82 Å². The van der Waals surface area contributed by atoms with Crippen molar-refractivity contribution in [1.29, 1.82) is 0 Å². The van der Waals surface area contributed by atoms with Gasteiger partial charge < -0.3 is 15.0 Å². The van der Waals surface area contributed by atoms with Crippen LogP contribution in [-0.4, -0.2) is 23.0 Å². The highest BCUT2D eigenvalue weighted by Crippen LogP contribution is 2.21. The van der Waals surface area contributed by atoms with Crippen molar-refractivity contribution < 1.29 is 13.9 Å². The number of nitrogens with one attached hydrogen (secondary N) is 2. The van der Waals surface area contributed by atoms with Crippen LogP contribution >= 0.6 is 11.8 Å². The van der Waals surface area contributed by atoms with Gasteiger partial charge in [-0.3, -0.25) is 9.59 Å². The van der Waals surface area contributed by atoms with E-state index < -0.39 is 5.82 Å². The monoisotopic (exact) mass is 399 g/mol. The van der Waals surface area contributed by atoms with E-state index in [1.165, 1.54) is 36.0 Å². The number of hydrogen-bond donors (Lipinski definition) is 2. The van der Waals surface area contributed by atoms with E-state index in [2.05, 4.69) is 15.3 Å². The van der Waals surface area contributed by atoms with Gasteiger partial charge in [0.15, 0.2) is 5.16 Å². The van der Waals surface area contributed by atoms with Crippen LogP contribution in [0.2, 0.25) is 0 Å². The number of carbonyl (C=O) groups excluding carboxylic acids is 1. The summed E-state index contributed by atoms with van der Waals surface area (Å²) in [7, 11) is 1.60. The number of benzene rings is 2. The molecule has 0 aliphatic heterocycles. The fraction of sp³-hybridized carbons (Fsp3) is 0.150. The SMILES string of the molecule is COc1cccc(CSc2nc(CC(=O)Nc3cccc(F)c3)cc(=O)[nH]2)c1. The smallest absolute Gasteiger partial charge is 0.251 e. The van der Waals surface area contributed by atoms with E-state index in [1.54, 1.807) is 13.2 Å². The van der Waals surface area contributed by atoms with Gasteiger partial charge in [0.2, 0.25) is 5.91 Å². The van der Waals surface area contributed by atoms with E-state index in [9.17, 15) is 14.0 Å². The van der Waals surface area contributed by atoms with Crippen molar-refractivity contribution in [2.24, 2.45) is 0 Å². The van der Waals surface area contributed by atoms with Crippen LogP contribution in [-0.2, 0) is 17.0 Å². The number of anilines is 1. The molecule has 2 aromatic carbocycles. The van der Waals surface area contributed by atoms with E-state index in [-0.39, 0.29) is 17.9 Å². The average molecular weight is 399 g/mol. The summed E-state index contributed by atoms with van der Waals surface area (Å²) in [6, 6.07) is 14.5. The van der Waals surface area contributed by atoms with Crippen LogP contribution in [0.15, 0.2) is 64.5 Å². The second kappa shape index (κ2) is 9.18. The Bertz CT molecular complexity index is 1040. The second-order valence-corrected chi connectivity index (χ2v) is 6.88. The van der Waals surface area contributed by atoms with Crippen LogP contribution in [0.4, 0.5) is 10.1 Å². The number of nitrogens with zero attached hydrogens (tertiary/aromatic N) is 1. The molecule has 3 rings (SSSR count). The van der Waals surface area contributed by atoms with Crippen LogP contribution in [0.3, 0.4) is 0 Å². The molecule has 0 aliphatic rings. The first-order valence-electron chi connectivity index (χ1n) is 8.43. The molecule has 28 heavy (non-hydrogen) atoms. The molecule has 0 saturated heterocycles. The maximum atomic E-state index is 13.2. The van der Waals surface area contributed by atoms with Gasteiger partial charge in [-0.15, -0.1) is 0 Å². The van der Waals surface area contributed by atoms with Gasteiger partial charge in [-0.1, -0.05) is 30.0 Å². The zero-order valence-electron chi connectivity index (χ0n) is 15.1. The lowest BCUT2D eigenvalue weighted by atomic mass is 10.2. The minimum absolute atomic E-state index is 0.0901. The van der Waals surface area contributed by atoms with Crippen LogP contribution in [0.1, 0.15) is 11.3 Å². The van der Waals surface area contributed by atoms with Gasteiger partial charge in [0, 0.05) is 17.5 Å². The number of ether oxygens (including phenoxy) is 1. The Morgan fingerprint density at radius 1 is 1.21 bits per heavy atom. The molecule has 0 atom stereocenters. The molecule has 0 aliphatic carbocycles. The summed E-state index contributed by atoms with van der Waals surface area (Å²) in [5.74, 6) is 0.511. The molecule has 1 aromatic heterocycles. The standard InChI is InChI=1S/C20H18FN3O3S/c1-27-17-7-2-4-13(8-17)12-28-20-23-16(11-19(26)24-20)10-18(25)22-15-6-3-5-14(21)9-15/h2-9,11H,10,12H2,1H3,(H,22,25)(H,23,24,26). The summed E-state index contributed by atoms with van der Waals surface area (Å²) in [6.07, 6.45) is -0.0901. The lowest BCUT2D eigenvalue weighted by Crippen LogP contribution is -2.18. The highest BCUT2D eigenvalue weighted by Gasteiger charge is 2.09. The highest BCUT2D eigenvalue weighted by atomic mass is 32.2. The first-order chi connectivity index (χ1) is 13.5. The van der Waals surface area contributed by atoms with Gasteiger partial charge in [-0.2, -0.15) is 0 Å². The lowest BCUT2D eigenvalue weighted by molar-refractivity contribution is -0.115. The zero-order valence-corrected chi connectivity index (χ0v) is 15.9. The molecule has 0 saturated carbocycles. The molecule has 0 radical (unpaired) electrons. The number of thioether (sulfide) groups is 1.